The van der Waals surface area contributed by atoms with Gasteiger partial charge in [-0.2, -0.15) is 0 Å². The van der Waals surface area contributed by atoms with Gasteiger partial charge in [-0.25, -0.2) is 0 Å². The first-order valence-corrected chi connectivity index (χ1v) is 16.2. The maximum absolute atomic E-state index is 15.1. The summed E-state index contributed by atoms with van der Waals surface area (Å²) >= 11 is 3.50. The smallest absolute Gasteiger partial charge is 0.327 e. The van der Waals surface area contributed by atoms with Crippen LogP contribution in [0.2, 0.25) is 0 Å². The topological polar surface area (TPSA) is 67.9 Å². The number of nitrogens with one attached hydrogen (secondary N) is 1. The number of carbonyl (C=O) groups is 2. The van der Waals surface area contributed by atoms with Crippen LogP contribution in [0.15, 0.2) is 144 Å². The number of fused-ring (bicyclic) bond motifs is 1. The summed E-state index contributed by atoms with van der Waals surface area (Å²) in [5.74, 6) is -0.903. The van der Waals surface area contributed by atoms with Crippen molar-refractivity contribution in [3.05, 3.63) is 172 Å². The number of halogens is 1. The Morgan fingerprint density at radius 2 is 1.33 bits per heavy atom. The van der Waals surface area contributed by atoms with Crippen molar-refractivity contribution in [1.82, 2.24) is 5.32 Å². The quantitative estimate of drug-likeness (QED) is 0.137. The molecular formula is C39H35BrN2O4. The number of benzene rings is 5. The Morgan fingerprint density at radius 1 is 0.761 bits per heavy atom. The zero-order chi connectivity index (χ0) is 31.9. The Bertz CT molecular complexity index is 1730. The molecule has 1 heterocycles. The van der Waals surface area contributed by atoms with Gasteiger partial charge >= 0.3 is 5.97 Å². The number of carbonyl (C=O) groups excluding carboxylic acids is 2. The van der Waals surface area contributed by atoms with E-state index < -0.39 is 23.7 Å². The summed E-state index contributed by atoms with van der Waals surface area (Å²) in [6.45, 7) is 2.31. The number of anilines is 1. The highest BCUT2D eigenvalue weighted by Gasteiger charge is 2.60. The molecule has 0 unspecified atom stereocenters. The molecule has 0 aromatic heterocycles. The lowest BCUT2D eigenvalue weighted by Crippen LogP contribution is -2.60. The van der Waals surface area contributed by atoms with Gasteiger partial charge in [0.05, 0.1) is 31.5 Å². The highest BCUT2D eigenvalue weighted by molar-refractivity contribution is 9.10. The molecule has 1 aliphatic heterocycles. The number of nitrogens with zero attached hydrogens (tertiary/aromatic N) is 1. The second-order valence-corrected chi connectivity index (χ2v) is 12.1. The molecule has 7 heteroatoms. The minimum atomic E-state index is -1.74. The third kappa shape index (κ3) is 6.40. The minimum absolute atomic E-state index is 0.0887. The van der Waals surface area contributed by atoms with E-state index in [4.69, 9.17) is 9.47 Å². The summed E-state index contributed by atoms with van der Waals surface area (Å²) in [6.07, 6.45) is 0. The Kier molecular flexibility index (Phi) is 9.73. The van der Waals surface area contributed by atoms with Crippen LogP contribution in [0.1, 0.15) is 40.8 Å². The van der Waals surface area contributed by atoms with Crippen molar-refractivity contribution in [2.45, 2.75) is 37.8 Å². The second kappa shape index (κ2) is 14.3. The zero-order valence-corrected chi connectivity index (χ0v) is 27.1. The van der Waals surface area contributed by atoms with Crippen molar-refractivity contribution in [3.8, 4) is 0 Å². The Labute approximate surface area is 278 Å². The molecule has 2 atom stereocenters. The van der Waals surface area contributed by atoms with Gasteiger partial charge in [-0.15, -0.1) is 0 Å². The normalized spacial score (nSPS) is 16.3. The minimum Gasteiger partial charge on any atom is -0.465 e. The standard InChI is InChI=1S/C39H35BrN2O4/c1-2-45-37(43)36(41-35(30-16-8-4-9-17-30)31-18-10-5-11-19-31)39(46-27-29-22-24-32(40)25-23-29)33-20-12-13-21-34(33)42(38(39)44)26-28-14-6-3-7-15-28/h3-25,35-36,41H,2,26-27H2,1H3/t36-,39-/m0/s1. The van der Waals surface area contributed by atoms with Crippen LogP contribution in [0.4, 0.5) is 5.69 Å². The predicted molar refractivity (Wildman–Crippen MR) is 183 cm³/mol. The van der Waals surface area contributed by atoms with Gasteiger partial charge in [-0.1, -0.05) is 137 Å². The van der Waals surface area contributed by atoms with Gasteiger partial charge in [0.2, 0.25) is 0 Å². The maximum Gasteiger partial charge on any atom is 0.327 e. The van der Waals surface area contributed by atoms with Crippen LogP contribution in [0.25, 0.3) is 0 Å². The molecule has 0 radical (unpaired) electrons. The van der Waals surface area contributed by atoms with Crippen LogP contribution in [0, 0.1) is 0 Å². The summed E-state index contributed by atoms with van der Waals surface area (Å²) in [6, 6.07) is 43.3. The number of esters is 1. The molecule has 6 nitrogen and oxygen atoms in total. The first kappa shape index (κ1) is 31.4. The van der Waals surface area contributed by atoms with Crippen LogP contribution in [0.5, 0.6) is 0 Å². The molecule has 5 aromatic carbocycles. The van der Waals surface area contributed by atoms with Gasteiger partial charge in [0.1, 0.15) is 6.04 Å². The maximum atomic E-state index is 15.1. The third-order valence-corrected chi connectivity index (χ3v) is 8.78. The molecule has 1 N–H and O–H groups in total. The van der Waals surface area contributed by atoms with Crippen LogP contribution in [-0.2, 0) is 37.8 Å². The van der Waals surface area contributed by atoms with Gasteiger partial charge in [0.25, 0.3) is 5.91 Å². The molecule has 232 valence electrons. The number of hydrogen-bond acceptors (Lipinski definition) is 5. The molecule has 5 aromatic rings. The Balaban J connectivity index is 1.52. The molecule has 0 saturated heterocycles. The summed E-state index contributed by atoms with van der Waals surface area (Å²) in [4.78, 5) is 31.1. The van der Waals surface area contributed by atoms with E-state index in [9.17, 15) is 4.79 Å². The molecule has 1 aliphatic rings. The van der Waals surface area contributed by atoms with E-state index in [0.717, 1.165) is 26.7 Å². The molecule has 46 heavy (non-hydrogen) atoms. The fraction of sp³-hybridized carbons (Fsp3) is 0.179. The summed E-state index contributed by atoms with van der Waals surface area (Å²) in [7, 11) is 0. The monoisotopic (exact) mass is 674 g/mol. The number of para-hydroxylation sites is 1. The molecule has 0 bridgehead atoms. The number of ether oxygens (including phenoxy) is 2. The summed E-state index contributed by atoms with van der Waals surface area (Å²) in [5.41, 5.74) is 3.25. The lowest BCUT2D eigenvalue weighted by molar-refractivity contribution is -0.169. The number of rotatable bonds is 12. The van der Waals surface area contributed by atoms with Crippen molar-refractivity contribution in [2.75, 3.05) is 11.5 Å². The van der Waals surface area contributed by atoms with Crippen LogP contribution in [0.3, 0.4) is 0 Å². The average Bonchev–Trinajstić information content (AvgIpc) is 3.33. The number of hydrogen-bond donors (Lipinski definition) is 1. The first-order valence-electron chi connectivity index (χ1n) is 15.4. The van der Waals surface area contributed by atoms with Crippen molar-refractivity contribution >= 4 is 33.5 Å². The SMILES string of the molecule is CCOC(=O)[C@H](NC(c1ccccc1)c1ccccc1)[C@]1(OCc2ccc(Br)cc2)C(=O)N(Cc2ccccc2)c2ccccc21. The first-order chi connectivity index (χ1) is 22.5. The van der Waals surface area contributed by atoms with Crippen molar-refractivity contribution in [1.29, 1.82) is 0 Å². The largest absolute Gasteiger partial charge is 0.465 e. The van der Waals surface area contributed by atoms with E-state index in [1.165, 1.54) is 0 Å². The second-order valence-electron chi connectivity index (χ2n) is 11.2. The van der Waals surface area contributed by atoms with E-state index >= 15 is 4.79 Å². The van der Waals surface area contributed by atoms with E-state index in [2.05, 4.69) is 21.2 Å². The lowest BCUT2D eigenvalue weighted by Gasteiger charge is -2.38. The van der Waals surface area contributed by atoms with Crippen molar-refractivity contribution < 1.29 is 19.1 Å². The Morgan fingerprint density at radius 3 is 1.93 bits per heavy atom. The van der Waals surface area contributed by atoms with E-state index in [0.29, 0.717) is 17.8 Å². The van der Waals surface area contributed by atoms with Gasteiger partial charge in [-0.05, 0) is 47.4 Å². The molecule has 0 spiro atoms. The van der Waals surface area contributed by atoms with E-state index in [-0.39, 0.29) is 19.1 Å². The number of amides is 1. The molecule has 6 rings (SSSR count). The fourth-order valence-electron chi connectivity index (χ4n) is 6.07. The molecule has 0 fully saturated rings. The van der Waals surface area contributed by atoms with Crippen LogP contribution in [-0.4, -0.2) is 24.5 Å². The van der Waals surface area contributed by atoms with Gasteiger partial charge in [0.15, 0.2) is 5.60 Å². The third-order valence-electron chi connectivity index (χ3n) is 8.25. The van der Waals surface area contributed by atoms with Crippen LogP contribution >= 0.6 is 15.9 Å². The van der Waals surface area contributed by atoms with Crippen molar-refractivity contribution in [3.63, 3.8) is 0 Å². The molecular weight excluding hydrogens is 640 g/mol. The predicted octanol–water partition coefficient (Wildman–Crippen LogP) is 7.72. The highest BCUT2D eigenvalue weighted by Crippen LogP contribution is 2.47. The van der Waals surface area contributed by atoms with Gasteiger partial charge in [-0.3, -0.25) is 14.9 Å². The van der Waals surface area contributed by atoms with Gasteiger partial charge < -0.3 is 14.4 Å². The van der Waals surface area contributed by atoms with E-state index in [1.54, 1.807) is 11.8 Å². The molecule has 0 aliphatic carbocycles. The lowest BCUT2D eigenvalue weighted by atomic mass is 9.85. The highest BCUT2D eigenvalue weighted by atomic mass is 79.9. The fourth-order valence-corrected chi connectivity index (χ4v) is 6.33. The molecule has 0 saturated carbocycles. The van der Waals surface area contributed by atoms with Crippen LogP contribution < -0.4 is 10.2 Å². The zero-order valence-electron chi connectivity index (χ0n) is 25.5. The summed E-state index contributed by atoms with van der Waals surface area (Å²) in [5, 5.41) is 3.60. The van der Waals surface area contributed by atoms with E-state index in [1.807, 2.05) is 140 Å². The van der Waals surface area contributed by atoms with Crippen molar-refractivity contribution in [2.24, 2.45) is 0 Å². The summed E-state index contributed by atoms with van der Waals surface area (Å²) < 4.78 is 13.5. The van der Waals surface area contributed by atoms with Gasteiger partial charge in [0, 0.05) is 10.0 Å². The molecule has 1 amide bonds. The average molecular weight is 676 g/mol. The Hall–Kier alpha value is -4.56.